The van der Waals surface area contributed by atoms with E-state index in [9.17, 15) is 18.8 Å². The van der Waals surface area contributed by atoms with Gasteiger partial charge >= 0.3 is 0 Å². The third-order valence-electron chi connectivity index (χ3n) is 4.92. The fourth-order valence-electron chi connectivity index (χ4n) is 3.29. The summed E-state index contributed by atoms with van der Waals surface area (Å²) in [5.74, 6) is -1.99. The van der Waals surface area contributed by atoms with Crippen molar-refractivity contribution in [2.45, 2.75) is 0 Å². The van der Waals surface area contributed by atoms with E-state index in [1.54, 1.807) is 36.4 Å². The van der Waals surface area contributed by atoms with Crippen LogP contribution in [0.2, 0.25) is 5.02 Å². The van der Waals surface area contributed by atoms with E-state index in [1.165, 1.54) is 25.3 Å². The van der Waals surface area contributed by atoms with Crippen LogP contribution in [-0.4, -0.2) is 24.8 Å². The van der Waals surface area contributed by atoms with Crippen molar-refractivity contribution >= 4 is 58.0 Å². The molecule has 0 saturated heterocycles. The number of benzene rings is 3. The molecule has 0 radical (unpaired) electrons. The number of methoxy groups -OCH3 is 1. The molecule has 3 aromatic carbocycles. The average molecular weight is 500 g/mol. The Morgan fingerprint density at radius 2 is 1.71 bits per heavy atom. The Bertz CT molecular complexity index is 1340. The number of carbonyl (C=O) groups is 3. The topological polar surface area (TPSA) is 87.7 Å². The summed E-state index contributed by atoms with van der Waals surface area (Å²) in [6, 6.07) is 15.9. The van der Waals surface area contributed by atoms with Crippen molar-refractivity contribution in [2.75, 3.05) is 22.6 Å². The summed E-state index contributed by atoms with van der Waals surface area (Å²) in [6.07, 6.45) is 0. The van der Waals surface area contributed by atoms with Gasteiger partial charge < -0.3 is 15.4 Å². The van der Waals surface area contributed by atoms with Gasteiger partial charge in [-0.3, -0.25) is 14.4 Å². The van der Waals surface area contributed by atoms with E-state index < -0.39 is 23.5 Å². The zero-order valence-electron chi connectivity index (χ0n) is 17.6. The number of nitrogens with one attached hydrogen (secondary N) is 2. The van der Waals surface area contributed by atoms with E-state index in [0.717, 1.165) is 17.0 Å². The first-order valence-corrected chi connectivity index (χ1v) is 10.6. The predicted molar refractivity (Wildman–Crippen MR) is 128 cm³/mol. The first-order valence-electron chi connectivity index (χ1n) is 9.84. The van der Waals surface area contributed by atoms with E-state index in [-0.39, 0.29) is 22.0 Å². The molecule has 1 aliphatic heterocycles. The summed E-state index contributed by atoms with van der Waals surface area (Å²) >= 11 is 12.1. The number of halogens is 3. The Morgan fingerprint density at radius 3 is 2.41 bits per heavy atom. The summed E-state index contributed by atoms with van der Waals surface area (Å²) < 4.78 is 18.5. The van der Waals surface area contributed by atoms with Gasteiger partial charge in [-0.05, 0) is 60.7 Å². The Labute approximate surface area is 203 Å². The highest BCUT2D eigenvalue weighted by Crippen LogP contribution is 2.31. The van der Waals surface area contributed by atoms with Crippen LogP contribution in [0.25, 0.3) is 0 Å². The van der Waals surface area contributed by atoms with Gasteiger partial charge in [-0.2, -0.15) is 0 Å². The molecule has 0 unspecified atom stereocenters. The molecule has 7 nitrogen and oxygen atoms in total. The lowest BCUT2D eigenvalue weighted by molar-refractivity contribution is -0.120. The van der Waals surface area contributed by atoms with Gasteiger partial charge in [-0.1, -0.05) is 29.3 Å². The fourth-order valence-corrected chi connectivity index (χ4v) is 3.68. The van der Waals surface area contributed by atoms with Crippen molar-refractivity contribution in [3.8, 4) is 5.75 Å². The van der Waals surface area contributed by atoms with Gasteiger partial charge in [0, 0.05) is 16.3 Å². The molecule has 0 spiro atoms. The van der Waals surface area contributed by atoms with Crippen molar-refractivity contribution in [3.63, 3.8) is 0 Å². The lowest BCUT2D eigenvalue weighted by Gasteiger charge is -2.15. The predicted octanol–water partition coefficient (Wildman–Crippen LogP) is 5.18. The second kappa shape index (κ2) is 9.54. The number of ether oxygens (including phenoxy) is 1. The maximum Gasteiger partial charge on any atom is 0.283 e. The van der Waals surface area contributed by atoms with Gasteiger partial charge in [-0.25, -0.2) is 9.29 Å². The average Bonchev–Trinajstić information content (AvgIpc) is 3.03. The third kappa shape index (κ3) is 4.59. The van der Waals surface area contributed by atoms with Crippen molar-refractivity contribution < 1.29 is 23.5 Å². The summed E-state index contributed by atoms with van der Waals surface area (Å²) in [4.78, 5) is 39.1. The van der Waals surface area contributed by atoms with E-state index in [0.29, 0.717) is 22.1 Å². The zero-order valence-corrected chi connectivity index (χ0v) is 19.1. The first-order chi connectivity index (χ1) is 16.3. The maximum atomic E-state index is 13.2. The minimum atomic E-state index is -0.747. The monoisotopic (exact) mass is 499 g/mol. The largest absolute Gasteiger partial charge is 0.495 e. The van der Waals surface area contributed by atoms with Crippen LogP contribution in [0.1, 0.15) is 10.4 Å². The maximum absolute atomic E-state index is 13.2. The Morgan fingerprint density at radius 1 is 0.971 bits per heavy atom. The molecule has 34 heavy (non-hydrogen) atoms. The number of amides is 3. The molecule has 2 N–H and O–H groups in total. The Hall–Kier alpha value is -3.88. The second-order valence-corrected chi connectivity index (χ2v) is 7.93. The van der Waals surface area contributed by atoms with E-state index in [1.807, 2.05) is 0 Å². The molecule has 3 amide bonds. The van der Waals surface area contributed by atoms with Crippen LogP contribution < -0.4 is 20.3 Å². The molecular weight excluding hydrogens is 484 g/mol. The molecule has 0 bridgehead atoms. The van der Waals surface area contributed by atoms with Crippen LogP contribution in [0.15, 0.2) is 77.5 Å². The second-order valence-electron chi connectivity index (χ2n) is 7.12. The van der Waals surface area contributed by atoms with Crippen LogP contribution in [0, 0.1) is 5.82 Å². The smallest absolute Gasteiger partial charge is 0.283 e. The number of rotatable bonds is 6. The van der Waals surface area contributed by atoms with Crippen molar-refractivity contribution in [1.29, 1.82) is 0 Å². The number of hydrogen-bond acceptors (Lipinski definition) is 5. The van der Waals surface area contributed by atoms with Gasteiger partial charge in [0.2, 0.25) is 0 Å². The van der Waals surface area contributed by atoms with Gasteiger partial charge in [0.15, 0.2) is 0 Å². The molecule has 0 aliphatic carbocycles. The van der Waals surface area contributed by atoms with E-state index in [2.05, 4.69) is 10.6 Å². The summed E-state index contributed by atoms with van der Waals surface area (Å²) in [6.45, 7) is 0. The molecule has 3 aromatic rings. The Balaban J connectivity index is 1.55. The van der Waals surface area contributed by atoms with Crippen LogP contribution in [0.3, 0.4) is 0 Å². The van der Waals surface area contributed by atoms with Gasteiger partial charge in [-0.15, -0.1) is 0 Å². The number of nitrogens with zero attached hydrogens (tertiary/aromatic N) is 1. The third-order valence-corrected chi connectivity index (χ3v) is 5.50. The molecule has 1 heterocycles. The lowest BCUT2D eigenvalue weighted by Crippen LogP contribution is -2.32. The van der Waals surface area contributed by atoms with Crippen LogP contribution in [0.5, 0.6) is 5.75 Å². The van der Waals surface area contributed by atoms with Crippen LogP contribution in [-0.2, 0) is 9.59 Å². The summed E-state index contributed by atoms with van der Waals surface area (Å²) in [5, 5.41) is 5.63. The Kier molecular flexibility index (Phi) is 6.54. The molecule has 10 heteroatoms. The van der Waals surface area contributed by atoms with Crippen molar-refractivity contribution in [1.82, 2.24) is 0 Å². The normalized spacial score (nSPS) is 13.4. The fraction of sp³-hybridized carbons (Fsp3) is 0.0417. The van der Waals surface area contributed by atoms with E-state index >= 15 is 0 Å². The lowest BCUT2D eigenvalue weighted by atomic mass is 10.1. The molecular formula is C24H16Cl2FN3O4. The number of hydrogen-bond donors (Lipinski definition) is 2. The molecule has 0 aromatic heterocycles. The molecule has 1 aliphatic rings. The standard InChI is InChI=1S/C24H16Cl2FN3O4/c1-34-19-10-5-14(25)12-18(19)29-22(31)13-3-2-4-16(11-13)28-21-20(26)23(32)30(24(21)33)17-8-6-15(27)7-9-17/h2-12,28H,1H3,(H,29,31). The van der Waals surface area contributed by atoms with E-state index in [4.69, 9.17) is 27.9 Å². The highest BCUT2D eigenvalue weighted by atomic mass is 35.5. The van der Waals surface area contributed by atoms with Gasteiger partial charge in [0.25, 0.3) is 17.7 Å². The molecule has 0 atom stereocenters. The van der Waals surface area contributed by atoms with Crippen LogP contribution >= 0.6 is 23.2 Å². The number of anilines is 3. The highest BCUT2D eigenvalue weighted by molar-refractivity contribution is 6.53. The molecule has 0 fully saturated rings. The SMILES string of the molecule is COc1ccc(Cl)cc1NC(=O)c1cccc(NC2=C(Cl)C(=O)N(c3ccc(F)cc3)C2=O)c1. The van der Waals surface area contributed by atoms with Gasteiger partial charge in [0.1, 0.15) is 22.3 Å². The zero-order chi connectivity index (χ0) is 24.4. The minimum Gasteiger partial charge on any atom is -0.495 e. The molecule has 172 valence electrons. The number of carbonyl (C=O) groups excluding carboxylic acids is 3. The minimum absolute atomic E-state index is 0.162. The number of imide groups is 1. The quantitative estimate of drug-likeness (QED) is 0.456. The highest BCUT2D eigenvalue weighted by Gasteiger charge is 2.39. The summed E-state index contributed by atoms with van der Waals surface area (Å²) in [7, 11) is 1.47. The van der Waals surface area contributed by atoms with Gasteiger partial charge in [0.05, 0.1) is 18.5 Å². The summed E-state index contributed by atoms with van der Waals surface area (Å²) in [5.41, 5.74) is 1.01. The molecule has 4 rings (SSSR count). The first kappa shape index (κ1) is 23.3. The van der Waals surface area contributed by atoms with Crippen molar-refractivity contribution in [3.05, 3.63) is 93.9 Å². The molecule has 0 saturated carbocycles. The van der Waals surface area contributed by atoms with Crippen LogP contribution in [0.4, 0.5) is 21.5 Å². The van der Waals surface area contributed by atoms with Crippen molar-refractivity contribution in [2.24, 2.45) is 0 Å².